The second-order valence-corrected chi connectivity index (χ2v) is 9.03. The molecule has 7 rings (SSSR count). The van der Waals surface area contributed by atoms with Crippen LogP contribution in [0.5, 0.6) is 11.6 Å². The molecule has 0 bridgehead atoms. The first kappa shape index (κ1) is 20.0. The Bertz CT molecular complexity index is 1810. The minimum atomic E-state index is -0.520. The molecule has 0 spiro atoms. The van der Waals surface area contributed by atoms with Gasteiger partial charge < -0.3 is 9.15 Å². The Morgan fingerprint density at radius 3 is 2.57 bits per heavy atom. The van der Waals surface area contributed by atoms with Gasteiger partial charge in [-0.25, -0.2) is 19.3 Å². The number of pyridine rings is 1. The molecular formula is C26H14BrN5O3. The van der Waals surface area contributed by atoms with Gasteiger partial charge in [0.15, 0.2) is 17.2 Å². The molecule has 1 unspecified atom stereocenters. The van der Waals surface area contributed by atoms with Crippen LogP contribution in [0, 0.1) is 0 Å². The summed E-state index contributed by atoms with van der Waals surface area (Å²) in [4.78, 5) is 26.8. The van der Waals surface area contributed by atoms with Crippen molar-refractivity contribution in [1.29, 1.82) is 0 Å². The van der Waals surface area contributed by atoms with E-state index < -0.39 is 11.5 Å². The molecule has 0 fully saturated rings. The molecule has 4 aromatic heterocycles. The van der Waals surface area contributed by atoms with Crippen molar-refractivity contribution in [1.82, 2.24) is 24.6 Å². The maximum Gasteiger partial charge on any atom is 0.344 e. The molecule has 35 heavy (non-hydrogen) atoms. The molecule has 0 saturated carbocycles. The summed E-state index contributed by atoms with van der Waals surface area (Å²) >= 11 is 3.50. The van der Waals surface area contributed by atoms with Crippen LogP contribution in [-0.2, 0) is 0 Å². The summed E-state index contributed by atoms with van der Waals surface area (Å²) in [5.41, 5.74) is 3.30. The molecule has 0 amide bonds. The average Bonchev–Trinajstić information content (AvgIpc) is 3.33. The molecule has 0 N–H and O–H groups in total. The Kier molecular flexibility index (Phi) is 4.34. The molecule has 168 valence electrons. The van der Waals surface area contributed by atoms with Crippen molar-refractivity contribution in [2.45, 2.75) is 5.92 Å². The van der Waals surface area contributed by atoms with E-state index in [9.17, 15) is 4.79 Å². The molecule has 6 aromatic rings. The van der Waals surface area contributed by atoms with Gasteiger partial charge in [0, 0.05) is 22.4 Å². The summed E-state index contributed by atoms with van der Waals surface area (Å²) in [5, 5.41) is 5.32. The van der Waals surface area contributed by atoms with E-state index in [0.29, 0.717) is 45.2 Å². The quantitative estimate of drug-likeness (QED) is 0.282. The van der Waals surface area contributed by atoms with Crippen LogP contribution in [0.4, 0.5) is 0 Å². The lowest BCUT2D eigenvalue weighted by atomic mass is 9.84. The highest BCUT2D eigenvalue weighted by Gasteiger charge is 2.37. The van der Waals surface area contributed by atoms with Crippen molar-refractivity contribution in [2.75, 3.05) is 0 Å². The summed E-state index contributed by atoms with van der Waals surface area (Å²) < 4.78 is 14.6. The second-order valence-electron chi connectivity index (χ2n) is 8.12. The van der Waals surface area contributed by atoms with E-state index in [1.54, 1.807) is 29.3 Å². The minimum Gasteiger partial charge on any atom is -0.437 e. The summed E-state index contributed by atoms with van der Waals surface area (Å²) in [6.07, 6.45) is 4.95. The summed E-state index contributed by atoms with van der Waals surface area (Å²) in [6, 6.07) is 18.8. The summed E-state index contributed by atoms with van der Waals surface area (Å²) in [5.74, 6) is 0.826. The number of halogens is 1. The highest BCUT2D eigenvalue weighted by atomic mass is 79.9. The Morgan fingerprint density at radius 1 is 0.943 bits per heavy atom. The van der Waals surface area contributed by atoms with E-state index in [1.165, 1.54) is 0 Å². The zero-order valence-electron chi connectivity index (χ0n) is 17.9. The predicted octanol–water partition coefficient (Wildman–Crippen LogP) is 5.34. The smallest absolute Gasteiger partial charge is 0.344 e. The molecule has 0 aliphatic carbocycles. The fourth-order valence-electron chi connectivity index (χ4n) is 4.54. The highest BCUT2D eigenvalue weighted by Crippen LogP contribution is 2.48. The number of benzene rings is 2. The van der Waals surface area contributed by atoms with Gasteiger partial charge in [0.05, 0.1) is 22.4 Å². The van der Waals surface area contributed by atoms with E-state index in [-0.39, 0.29) is 0 Å². The Hall–Kier alpha value is -4.37. The number of hydrogen-bond donors (Lipinski definition) is 0. The van der Waals surface area contributed by atoms with Crippen LogP contribution < -0.4 is 10.4 Å². The van der Waals surface area contributed by atoms with Crippen molar-refractivity contribution < 1.29 is 9.15 Å². The van der Waals surface area contributed by atoms with Crippen LogP contribution in [0.25, 0.3) is 28.0 Å². The van der Waals surface area contributed by atoms with E-state index >= 15 is 0 Å². The monoisotopic (exact) mass is 523 g/mol. The second kappa shape index (κ2) is 7.57. The fourth-order valence-corrected chi connectivity index (χ4v) is 4.81. The molecule has 1 atom stereocenters. The Labute approximate surface area is 206 Å². The molecule has 1 aliphatic heterocycles. The van der Waals surface area contributed by atoms with E-state index in [2.05, 4.69) is 31.0 Å². The Balaban J connectivity index is 1.56. The molecule has 0 saturated heterocycles. The number of ether oxygens (including phenoxy) is 1. The third-order valence-electron chi connectivity index (χ3n) is 6.10. The SMILES string of the molecule is O=c1oc2ccccc2c2c1C(c1ccc(Br)cc1)c1c(ncn3nc(-c4ccncc4)nc13)O2. The lowest BCUT2D eigenvalue weighted by molar-refractivity contribution is 0.422. The normalized spacial score (nSPS) is 14.5. The number of para-hydroxylation sites is 1. The van der Waals surface area contributed by atoms with Gasteiger partial charge in [-0.3, -0.25) is 4.98 Å². The van der Waals surface area contributed by atoms with Gasteiger partial charge in [-0.05, 0) is 42.0 Å². The van der Waals surface area contributed by atoms with Crippen molar-refractivity contribution in [3.05, 3.63) is 111 Å². The van der Waals surface area contributed by atoms with Gasteiger partial charge in [-0.15, -0.1) is 5.10 Å². The summed E-state index contributed by atoms with van der Waals surface area (Å²) in [6.45, 7) is 0. The number of fused-ring (bicyclic) bond motifs is 6. The lowest BCUT2D eigenvalue weighted by Crippen LogP contribution is -2.22. The zero-order chi connectivity index (χ0) is 23.5. The minimum absolute atomic E-state index is 0.377. The predicted molar refractivity (Wildman–Crippen MR) is 132 cm³/mol. The van der Waals surface area contributed by atoms with E-state index in [4.69, 9.17) is 14.1 Å². The number of rotatable bonds is 2. The maximum atomic E-state index is 13.4. The topological polar surface area (TPSA) is 95.4 Å². The number of nitrogens with zero attached hydrogens (tertiary/aromatic N) is 5. The largest absolute Gasteiger partial charge is 0.437 e. The lowest BCUT2D eigenvalue weighted by Gasteiger charge is -2.27. The Morgan fingerprint density at radius 2 is 1.74 bits per heavy atom. The third-order valence-corrected chi connectivity index (χ3v) is 6.63. The van der Waals surface area contributed by atoms with Crippen molar-refractivity contribution >= 4 is 32.5 Å². The molecule has 0 radical (unpaired) electrons. The van der Waals surface area contributed by atoms with Crippen LogP contribution in [0.15, 0.2) is 93.1 Å². The number of aromatic nitrogens is 5. The molecule has 2 aromatic carbocycles. The third kappa shape index (κ3) is 3.08. The van der Waals surface area contributed by atoms with Gasteiger partial charge in [-0.1, -0.05) is 40.2 Å². The molecule has 9 heteroatoms. The van der Waals surface area contributed by atoms with Crippen molar-refractivity contribution in [3.63, 3.8) is 0 Å². The summed E-state index contributed by atoms with van der Waals surface area (Å²) in [7, 11) is 0. The first-order valence-corrected chi connectivity index (χ1v) is 11.6. The van der Waals surface area contributed by atoms with Crippen LogP contribution in [0.2, 0.25) is 0 Å². The van der Waals surface area contributed by atoms with E-state index in [0.717, 1.165) is 15.6 Å². The molecular weight excluding hydrogens is 510 g/mol. The first-order valence-electron chi connectivity index (χ1n) is 10.8. The van der Waals surface area contributed by atoms with Crippen LogP contribution in [0.3, 0.4) is 0 Å². The first-order chi connectivity index (χ1) is 17.2. The van der Waals surface area contributed by atoms with Gasteiger partial charge >= 0.3 is 5.63 Å². The molecule has 5 heterocycles. The van der Waals surface area contributed by atoms with Gasteiger partial charge in [0.25, 0.3) is 0 Å². The van der Waals surface area contributed by atoms with Crippen molar-refractivity contribution in [2.24, 2.45) is 0 Å². The van der Waals surface area contributed by atoms with Gasteiger partial charge in [-0.2, -0.15) is 0 Å². The fraction of sp³-hybridized carbons (Fsp3) is 0.0385. The molecule has 1 aliphatic rings. The average molecular weight is 524 g/mol. The highest BCUT2D eigenvalue weighted by molar-refractivity contribution is 9.10. The van der Waals surface area contributed by atoms with Crippen LogP contribution in [-0.4, -0.2) is 24.6 Å². The van der Waals surface area contributed by atoms with Gasteiger partial charge in [0.2, 0.25) is 5.88 Å². The maximum absolute atomic E-state index is 13.4. The number of hydrogen-bond acceptors (Lipinski definition) is 7. The van der Waals surface area contributed by atoms with Crippen molar-refractivity contribution in [3.8, 4) is 23.0 Å². The zero-order valence-corrected chi connectivity index (χ0v) is 19.5. The van der Waals surface area contributed by atoms with Gasteiger partial charge in [0.1, 0.15) is 11.9 Å². The van der Waals surface area contributed by atoms with Crippen LogP contribution >= 0.6 is 15.9 Å². The van der Waals surface area contributed by atoms with Crippen LogP contribution in [0.1, 0.15) is 22.6 Å². The molecule has 8 nitrogen and oxygen atoms in total. The standard InChI is InChI=1S/C26H14BrN5O3/c27-16-7-5-14(6-8-16)19-20-22(17-3-1-2-4-18(17)34-26(20)33)35-25-21(19)24-30-23(31-32(24)13-29-25)15-9-11-28-12-10-15/h1-13,19H. The van der Waals surface area contributed by atoms with E-state index in [1.807, 2.05) is 54.6 Å².